The van der Waals surface area contributed by atoms with Gasteiger partial charge in [-0.2, -0.15) is 0 Å². The fourth-order valence-electron chi connectivity index (χ4n) is 1.76. The van der Waals surface area contributed by atoms with Gasteiger partial charge in [-0.25, -0.2) is 0 Å². The summed E-state index contributed by atoms with van der Waals surface area (Å²) < 4.78 is 13.0. The van der Waals surface area contributed by atoms with Crippen LogP contribution in [0, 0.1) is 0 Å². The van der Waals surface area contributed by atoms with E-state index in [2.05, 4.69) is 50.2 Å². The first-order valence-electron chi connectivity index (χ1n) is 7.36. The third kappa shape index (κ3) is 6.79. The summed E-state index contributed by atoms with van der Waals surface area (Å²) in [5, 5.41) is 3.29. The molecule has 1 rings (SSSR count). The van der Waals surface area contributed by atoms with Gasteiger partial charge in [0.2, 0.25) is 0 Å². The van der Waals surface area contributed by atoms with Crippen molar-refractivity contribution in [2.75, 3.05) is 25.9 Å². The van der Waals surface area contributed by atoms with Gasteiger partial charge in [0, 0.05) is 39.8 Å². The maximum absolute atomic E-state index is 12.1. The van der Waals surface area contributed by atoms with E-state index in [1.165, 1.54) is 4.88 Å². The number of hydrogen-bond donors (Lipinski definition) is 1. The lowest BCUT2D eigenvalue weighted by molar-refractivity contribution is 0.482. The Balaban J connectivity index is 2.63. The Morgan fingerprint density at radius 2 is 2.14 bits per heavy atom. The fraction of sp³-hybridized carbons (Fsp3) is 0.667. The Bertz CT molecular complexity index is 523. The predicted octanol–water partition coefficient (Wildman–Crippen LogP) is 3.46. The molecule has 0 aliphatic carbocycles. The number of nitrogens with zero attached hydrogens (tertiary/aromatic N) is 2. The van der Waals surface area contributed by atoms with E-state index in [9.17, 15) is 4.21 Å². The third-order valence-electron chi connectivity index (χ3n) is 2.94. The van der Waals surface area contributed by atoms with Gasteiger partial charge >= 0.3 is 0 Å². The second-order valence-electron chi connectivity index (χ2n) is 5.96. The smallest absolute Gasteiger partial charge is 0.194 e. The molecular formula is C15H26BrN3OS2. The van der Waals surface area contributed by atoms with E-state index in [-0.39, 0.29) is 4.75 Å². The average molecular weight is 408 g/mol. The van der Waals surface area contributed by atoms with Gasteiger partial charge < -0.3 is 10.2 Å². The molecule has 0 fully saturated rings. The molecule has 1 unspecified atom stereocenters. The number of nitrogens with one attached hydrogen (secondary N) is 1. The number of thiophene rings is 1. The van der Waals surface area contributed by atoms with Crippen LogP contribution in [0.2, 0.25) is 0 Å². The Morgan fingerprint density at radius 3 is 2.64 bits per heavy atom. The molecule has 1 aromatic rings. The summed E-state index contributed by atoms with van der Waals surface area (Å²) in [6, 6.07) is 4.17. The third-order valence-corrected chi connectivity index (χ3v) is 6.47. The predicted molar refractivity (Wildman–Crippen MR) is 102 cm³/mol. The number of halogens is 1. The standard InChI is InChI=1S/C15H26BrN3OS2/c1-6-17-14(18-9-10-22(20)15(2,3)4)19(5)11-12-7-8-13(16)21-12/h7-8H,6,9-11H2,1-5H3,(H,17,18). The van der Waals surface area contributed by atoms with E-state index in [4.69, 9.17) is 0 Å². The zero-order chi connectivity index (χ0) is 16.8. The minimum atomic E-state index is -0.863. The Morgan fingerprint density at radius 1 is 1.45 bits per heavy atom. The zero-order valence-electron chi connectivity index (χ0n) is 14.0. The minimum absolute atomic E-state index is 0.178. The molecule has 0 aliphatic rings. The summed E-state index contributed by atoms with van der Waals surface area (Å²) in [5.41, 5.74) is 0. The van der Waals surface area contributed by atoms with E-state index >= 15 is 0 Å². The van der Waals surface area contributed by atoms with Gasteiger partial charge in [0.1, 0.15) is 0 Å². The van der Waals surface area contributed by atoms with Crippen LogP contribution < -0.4 is 5.32 Å². The molecule has 22 heavy (non-hydrogen) atoms. The van der Waals surface area contributed by atoms with Gasteiger partial charge in [-0.3, -0.25) is 9.20 Å². The van der Waals surface area contributed by atoms with Crippen LogP contribution in [0.4, 0.5) is 0 Å². The highest BCUT2D eigenvalue weighted by Crippen LogP contribution is 2.23. The molecule has 126 valence electrons. The van der Waals surface area contributed by atoms with E-state index in [0.717, 1.165) is 22.8 Å². The van der Waals surface area contributed by atoms with Gasteiger partial charge in [-0.1, -0.05) is 0 Å². The second kappa shape index (κ2) is 9.03. The molecule has 1 N–H and O–H groups in total. The lowest BCUT2D eigenvalue weighted by atomic mass is 10.3. The molecule has 4 nitrogen and oxygen atoms in total. The number of rotatable bonds is 6. The summed E-state index contributed by atoms with van der Waals surface area (Å²) in [5.74, 6) is 1.45. The van der Waals surface area contributed by atoms with Crippen LogP contribution >= 0.6 is 27.3 Å². The van der Waals surface area contributed by atoms with Crippen LogP contribution in [-0.4, -0.2) is 45.7 Å². The largest absolute Gasteiger partial charge is 0.357 e. The van der Waals surface area contributed by atoms with Gasteiger partial charge in [-0.15, -0.1) is 11.3 Å². The van der Waals surface area contributed by atoms with Crippen molar-refractivity contribution in [1.29, 1.82) is 0 Å². The van der Waals surface area contributed by atoms with Crippen molar-refractivity contribution in [2.45, 2.75) is 39.0 Å². The van der Waals surface area contributed by atoms with Crippen molar-refractivity contribution >= 4 is 44.0 Å². The summed E-state index contributed by atoms with van der Waals surface area (Å²) in [4.78, 5) is 7.98. The SMILES string of the molecule is CCNC(=NCCS(=O)C(C)(C)C)N(C)Cc1ccc(Br)s1. The minimum Gasteiger partial charge on any atom is -0.357 e. The van der Waals surface area contributed by atoms with Crippen molar-refractivity contribution in [1.82, 2.24) is 10.2 Å². The first-order chi connectivity index (χ1) is 10.2. The van der Waals surface area contributed by atoms with Crippen LogP contribution in [0.5, 0.6) is 0 Å². The monoisotopic (exact) mass is 407 g/mol. The van der Waals surface area contributed by atoms with Gasteiger partial charge in [-0.05, 0) is 55.8 Å². The van der Waals surface area contributed by atoms with E-state index in [1.54, 1.807) is 11.3 Å². The van der Waals surface area contributed by atoms with Crippen LogP contribution in [-0.2, 0) is 17.3 Å². The molecule has 1 aromatic heterocycles. The molecule has 0 saturated carbocycles. The average Bonchev–Trinajstić information content (AvgIpc) is 2.81. The fourth-order valence-corrected chi connectivity index (χ4v) is 4.16. The number of guanidine groups is 1. The summed E-state index contributed by atoms with van der Waals surface area (Å²) in [7, 11) is 1.16. The van der Waals surface area contributed by atoms with Crippen molar-refractivity contribution < 1.29 is 4.21 Å². The van der Waals surface area contributed by atoms with Crippen molar-refractivity contribution in [2.24, 2.45) is 4.99 Å². The number of hydrogen-bond acceptors (Lipinski definition) is 3. The molecule has 0 spiro atoms. The molecule has 0 bridgehead atoms. The molecular weight excluding hydrogens is 382 g/mol. The highest BCUT2D eigenvalue weighted by Gasteiger charge is 2.18. The maximum atomic E-state index is 12.1. The zero-order valence-corrected chi connectivity index (χ0v) is 17.2. The van der Waals surface area contributed by atoms with E-state index in [0.29, 0.717) is 12.3 Å². The molecule has 1 heterocycles. The van der Waals surface area contributed by atoms with E-state index in [1.807, 2.05) is 27.8 Å². The molecule has 0 saturated heterocycles. The molecule has 1 atom stereocenters. The molecule has 0 aliphatic heterocycles. The molecule has 0 aromatic carbocycles. The quantitative estimate of drug-likeness (QED) is 0.579. The molecule has 0 radical (unpaired) electrons. The van der Waals surface area contributed by atoms with Gasteiger partial charge in [0.15, 0.2) is 5.96 Å². The molecule has 7 heteroatoms. The van der Waals surface area contributed by atoms with Crippen LogP contribution in [0.1, 0.15) is 32.6 Å². The van der Waals surface area contributed by atoms with Crippen LogP contribution in [0.15, 0.2) is 20.9 Å². The first-order valence-corrected chi connectivity index (χ1v) is 10.3. The molecule has 0 amide bonds. The van der Waals surface area contributed by atoms with Gasteiger partial charge in [0.05, 0.1) is 16.9 Å². The van der Waals surface area contributed by atoms with E-state index < -0.39 is 10.8 Å². The lowest BCUT2D eigenvalue weighted by Crippen LogP contribution is -2.38. The first kappa shape index (κ1) is 19.6. The number of aliphatic imine (C=N–C) groups is 1. The van der Waals surface area contributed by atoms with Crippen molar-refractivity contribution in [3.8, 4) is 0 Å². The normalized spacial score (nSPS) is 14.0. The topological polar surface area (TPSA) is 44.7 Å². The summed E-state index contributed by atoms with van der Waals surface area (Å²) in [6.45, 7) is 10.3. The highest BCUT2D eigenvalue weighted by atomic mass is 79.9. The summed E-state index contributed by atoms with van der Waals surface area (Å²) >= 11 is 5.21. The van der Waals surface area contributed by atoms with Crippen molar-refractivity contribution in [3.05, 3.63) is 20.8 Å². The maximum Gasteiger partial charge on any atom is 0.194 e. The second-order valence-corrected chi connectivity index (χ2v) is 10.8. The lowest BCUT2D eigenvalue weighted by Gasteiger charge is -2.22. The van der Waals surface area contributed by atoms with Crippen LogP contribution in [0.25, 0.3) is 0 Å². The Kier molecular flexibility index (Phi) is 8.07. The Labute approximate surface area is 149 Å². The van der Waals surface area contributed by atoms with Crippen LogP contribution in [0.3, 0.4) is 0 Å². The summed E-state index contributed by atoms with van der Waals surface area (Å²) in [6.07, 6.45) is 0. The van der Waals surface area contributed by atoms with Crippen molar-refractivity contribution in [3.63, 3.8) is 0 Å². The highest BCUT2D eigenvalue weighted by molar-refractivity contribution is 9.11. The van der Waals surface area contributed by atoms with Gasteiger partial charge in [0.25, 0.3) is 0 Å². The Hall–Kier alpha value is -0.400.